The first-order valence-electron chi connectivity index (χ1n) is 10.8. The molecule has 1 aliphatic carbocycles. The lowest BCUT2D eigenvalue weighted by Gasteiger charge is -2.23. The van der Waals surface area contributed by atoms with Gasteiger partial charge in [-0.15, -0.1) is 0 Å². The van der Waals surface area contributed by atoms with Crippen LogP contribution < -0.4 is 10.0 Å². The zero-order valence-corrected chi connectivity index (χ0v) is 20.1. The number of nitrogens with one attached hydrogen (secondary N) is 2. The van der Waals surface area contributed by atoms with Crippen molar-refractivity contribution in [1.29, 1.82) is 0 Å². The molecule has 176 valence electrons. The largest absolute Gasteiger partial charge is 0.325 e. The number of benzene rings is 1. The molecule has 4 rings (SSSR count). The van der Waals surface area contributed by atoms with Crippen LogP contribution in [0.15, 0.2) is 55.5 Å². The van der Waals surface area contributed by atoms with Crippen molar-refractivity contribution in [3.63, 3.8) is 0 Å². The number of carbonyl (C=O) groups is 1. The number of allylic oxidation sites excluding steroid dienone is 1. The van der Waals surface area contributed by atoms with E-state index >= 15 is 0 Å². The summed E-state index contributed by atoms with van der Waals surface area (Å²) in [6, 6.07) is 8.88. The molecule has 2 heterocycles. The number of hydrogen-bond donors (Lipinski definition) is 2. The maximum Gasteiger partial charge on any atom is 0.237 e. The lowest BCUT2D eigenvalue weighted by Crippen LogP contribution is -2.36. The van der Waals surface area contributed by atoms with Crippen LogP contribution in [0.2, 0.25) is 0 Å². The van der Waals surface area contributed by atoms with E-state index < -0.39 is 20.7 Å². The van der Waals surface area contributed by atoms with Gasteiger partial charge in [-0.2, -0.15) is 0 Å². The lowest BCUT2D eigenvalue weighted by molar-refractivity contribution is -0.120. The van der Waals surface area contributed by atoms with Gasteiger partial charge in [0.15, 0.2) is 0 Å². The summed E-state index contributed by atoms with van der Waals surface area (Å²) in [5.41, 5.74) is 3.08. The van der Waals surface area contributed by atoms with Crippen molar-refractivity contribution in [1.82, 2.24) is 19.9 Å². The number of rotatable bonds is 8. The molecule has 0 radical (unpaired) electrons. The second kappa shape index (κ2) is 8.94. The molecule has 2 N–H and O–H groups in total. The van der Waals surface area contributed by atoms with Gasteiger partial charge in [-0.1, -0.05) is 18.7 Å². The van der Waals surface area contributed by atoms with Crippen molar-refractivity contribution in [3.8, 4) is 11.3 Å². The molecule has 0 atom stereocenters. The zero-order valence-electron chi connectivity index (χ0n) is 19.2. The fourth-order valence-electron chi connectivity index (χ4n) is 3.18. The van der Waals surface area contributed by atoms with Gasteiger partial charge in [0.05, 0.1) is 40.1 Å². The van der Waals surface area contributed by atoms with Gasteiger partial charge < -0.3 is 5.32 Å². The average Bonchev–Trinajstić information content (AvgIpc) is 3.66. The van der Waals surface area contributed by atoms with Gasteiger partial charge >= 0.3 is 0 Å². The van der Waals surface area contributed by atoms with Crippen LogP contribution in [-0.4, -0.2) is 39.5 Å². The highest BCUT2D eigenvalue weighted by molar-refractivity contribution is 7.93. The monoisotopic (exact) mass is 478 g/mol. The zero-order chi connectivity index (χ0) is 24.5. The Balaban J connectivity index is 1.48. The highest BCUT2D eigenvalue weighted by Crippen LogP contribution is 2.30. The summed E-state index contributed by atoms with van der Waals surface area (Å²) in [7, 11) is -3.50. The number of sulfonamides is 1. The van der Waals surface area contributed by atoms with E-state index in [1.165, 1.54) is 6.20 Å². The van der Waals surface area contributed by atoms with E-state index in [9.17, 15) is 13.2 Å². The van der Waals surface area contributed by atoms with E-state index in [4.69, 9.17) is 0 Å². The summed E-state index contributed by atoms with van der Waals surface area (Å²) in [5.74, 6) is -0.327. The van der Waals surface area contributed by atoms with E-state index in [0.717, 1.165) is 16.8 Å². The Kier molecular flexibility index (Phi) is 6.18. The molecule has 3 aromatic rings. The molecule has 1 fully saturated rings. The fraction of sp³-hybridized carbons (Fsp3) is 0.292. The first-order chi connectivity index (χ1) is 16.1. The summed E-state index contributed by atoms with van der Waals surface area (Å²) in [5, 5.41) is 2.50. The topological polar surface area (TPSA) is 127 Å². The number of hydrogen-bond acceptors (Lipinski definition) is 7. The van der Waals surface area contributed by atoms with E-state index in [2.05, 4.69) is 36.6 Å². The third kappa shape index (κ3) is 5.12. The van der Waals surface area contributed by atoms with Gasteiger partial charge in [-0.25, -0.2) is 23.4 Å². The normalized spacial score (nSPS) is 13.9. The summed E-state index contributed by atoms with van der Waals surface area (Å²) in [4.78, 5) is 30.1. The summed E-state index contributed by atoms with van der Waals surface area (Å²) in [6.07, 6.45) is 6.05. The Morgan fingerprint density at radius 3 is 2.44 bits per heavy atom. The van der Waals surface area contributed by atoms with Gasteiger partial charge in [0.2, 0.25) is 21.9 Å². The van der Waals surface area contributed by atoms with Crippen molar-refractivity contribution in [2.45, 2.75) is 44.3 Å². The van der Waals surface area contributed by atoms with Gasteiger partial charge in [0.25, 0.3) is 0 Å². The van der Waals surface area contributed by atoms with Crippen molar-refractivity contribution < 1.29 is 13.2 Å². The van der Waals surface area contributed by atoms with Gasteiger partial charge in [0.1, 0.15) is 0 Å². The highest BCUT2D eigenvalue weighted by Gasteiger charge is 2.37. The van der Waals surface area contributed by atoms with Gasteiger partial charge in [0, 0.05) is 17.4 Å². The van der Waals surface area contributed by atoms with Crippen LogP contribution in [0.3, 0.4) is 0 Å². The third-order valence-corrected chi connectivity index (χ3v) is 7.39. The van der Waals surface area contributed by atoms with Gasteiger partial charge in [-0.05, 0) is 57.4 Å². The lowest BCUT2D eigenvalue weighted by atomic mass is 9.88. The first-order valence-corrected chi connectivity index (χ1v) is 12.4. The van der Waals surface area contributed by atoms with E-state index in [-0.39, 0.29) is 11.9 Å². The van der Waals surface area contributed by atoms with Crippen molar-refractivity contribution in [2.75, 3.05) is 10.0 Å². The van der Waals surface area contributed by atoms with E-state index in [1.807, 2.05) is 19.1 Å². The fourth-order valence-corrected chi connectivity index (χ4v) is 4.46. The maximum absolute atomic E-state index is 13.1. The van der Waals surface area contributed by atoms with Crippen molar-refractivity contribution >= 4 is 33.1 Å². The minimum Gasteiger partial charge on any atom is -0.325 e. The van der Waals surface area contributed by atoms with Crippen LogP contribution in [0.25, 0.3) is 16.8 Å². The standard InChI is InChI=1S/C24H26N6O3S/c1-15(2)19-13-25-14-20(28-19)16-5-7-17(8-6-16)27-22(31)24(3,4)21-11-12-26-23(29-21)30-34(32,33)18-9-10-18/h5-8,11-14,18H,1,9-10H2,2-4H3,(H,27,31)(H,26,29,30). The van der Waals surface area contributed by atoms with E-state index in [0.29, 0.717) is 29.9 Å². The minimum absolute atomic E-state index is 0.0345. The second-order valence-electron chi connectivity index (χ2n) is 8.84. The van der Waals surface area contributed by atoms with Crippen LogP contribution in [0, 0.1) is 0 Å². The molecule has 0 saturated heterocycles. The molecular weight excluding hydrogens is 452 g/mol. The van der Waals surface area contributed by atoms with Crippen LogP contribution in [0.4, 0.5) is 11.6 Å². The SMILES string of the molecule is C=C(C)c1cncc(-c2ccc(NC(=O)C(C)(C)c3ccnc(NS(=O)(=O)C4CC4)n3)cc2)n1. The molecule has 1 aliphatic rings. The summed E-state index contributed by atoms with van der Waals surface area (Å²) >= 11 is 0. The van der Waals surface area contributed by atoms with Crippen LogP contribution in [-0.2, 0) is 20.2 Å². The molecular formula is C24H26N6O3S. The first kappa shape index (κ1) is 23.5. The molecule has 9 nitrogen and oxygen atoms in total. The Morgan fingerprint density at radius 2 is 1.79 bits per heavy atom. The summed E-state index contributed by atoms with van der Waals surface area (Å²) < 4.78 is 26.8. The van der Waals surface area contributed by atoms with Crippen LogP contribution in [0.5, 0.6) is 0 Å². The molecule has 1 amide bonds. The Labute approximate surface area is 198 Å². The highest BCUT2D eigenvalue weighted by atomic mass is 32.2. The maximum atomic E-state index is 13.1. The number of aromatic nitrogens is 4. The molecule has 0 spiro atoms. The van der Waals surface area contributed by atoms with Crippen molar-refractivity contribution in [3.05, 3.63) is 66.9 Å². The molecule has 0 unspecified atom stereocenters. The average molecular weight is 479 g/mol. The molecule has 0 bridgehead atoms. The predicted molar refractivity (Wildman–Crippen MR) is 131 cm³/mol. The number of carbonyl (C=O) groups excluding carboxylic acids is 1. The minimum atomic E-state index is -3.50. The van der Waals surface area contributed by atoms with Crippen molar-refractivity contribution in [2.24, 2.45) is 0 Å². The Hall–Kier alpha value is -3.66. The Bertz CT molecular complexity index is 1350. The molecule has 10 heteroatoms. The molecule has 1 saturated carbocycles. The Morgan fingerprint density at radius 1 is 1.09 bits per heavy atom. The number of amides is 1. The smallest absolute Gasteiger partial charge is 0.237 e. The molecule has 34 heavy (non-hydrogen) atoms. The second-order valence-corrected chi connectivity index (χ2v) is 10.8. The number of anilines is 2. The van der Waals surface area contributed by atoms with Crippen LogP contribution in [0.1, 0.15) is 45.0 Å². The molecule has 1 aromatic carbocycles. The molecule has 0 aliphatic heterocycles. The quantitative estimate of drug-likeness (QED) is 0.504. The predicted octanol–water partition coefficient (Wildman–Crippen LogP) is 3.79. The summed E-state index contributed by atoms with van der Waals surface area (Å²) in [6.45, 7) is 9.21. The number of nitrogens with zero attached hydrogens (tertiary/aromatic N) is 4. The van der Waals surface area contributed by atoms with E-state index in [1.54, 1.807) is 44.4 Å². The van der Waals surface area contributed by atoms with Crippen LogP contribution >= 0.6 is 0 Å². The molecule has 2 aromatic heterocycles. The van der Waals surface area contributed by atoms with Gasteiger partial charge in [-0.3, -0.25) is 14.5 Å². The third-order valence-electron chi connectivity index (χ3n) is 5.57.